The molecule has 1 aliphatic rings. The SMILES string of the molecule is CCCc1ccc(N2CCCC2CNC)nn1. The number of rotatable bonds is 5. The van der Waals surface area contributed by atoms with E-state index in [1.165, 1.54) is 12.8 Å². The number of anilines is 1. The summed E-state index contributed by atoms with van der Waals surface area (Å²) in [4.78, 5) is 2.37. The minimum Gasteiger partial charge on any atom is -0.351 e. The Morgan fingerprint density at radius 1 is 1.41 bits per heavy atom. The zero-order chi connectivity index (χ0) is 12.1. The van der Waals surface area contributed by atoms with E-state index in [-0.39, 0.29) is 0 Å². The molecule has 2 rings (SSSR count). The van der Waals surface area contributed by atoms with Gasteiger partial charge in [0, 0.05) is 19.1 Å². The molecule has 0 bridgehead atoms. The number of likely N-dealkylation sites (N-methyl/N-ethyl adjacent to an activating group) is 1. The van der Waals surface area contributed by atoms with Crippen molar-refractivity contribution >= 4 is 5.82 Å². The zero-order valence-electron chi connectivity index (χ0n) is 10.8. The highest BCUT2D eigenvalue weighted by Crippen LogP contribution is 2.22. The van der Waals surface area contributed by atoms with Gasteiger partial charge in [-0.1, -0.05) is 13.3 Å². The van der Waals surface area contributed by atoms with Crippen LogP contribution in [0.1, 0.15) is 31.9 Å². The van der Waals surface area contributed by atoms with Gasteiger partial charge in [-0.3, -0.25) is 0 Å². The van der Waals surface area contributed by atoms with E-state index >= 15 is 0 Å². The number of nitrogens with zero attached hydrogens (tertiary/aromatic N) is 3. The van der Waals surface area contributed by atoms with Crippen molar-refractivity contribution in [2.45, 2.75) is 38.6 Å². The highest BCUT2D eigenvalue weighted by atomic mass is 15.3. The molecule has 1 unspecified atom stereocenters. The lowest BCUT2D eigenvalue weighted by molar-refractivity contribution is 0.609. The van der Waals surface area contributed by atoms with Crippen molar-refractivity contribution < 1.29 is 0 Å². The first kappa shape index (κ1) is 12.3. The van der Waals surface area contributed by atoms with Crippen LogP contribution in [0, 0.1) is 0 Å². The van der Waals surface area contributed by atoms with Gasteiger partial charge in [0.15, 0.2) is 5.82 Å². The molecule has 0 aliphatic carbocycles. The van der Waals surface area contributed by atoms with Crippen LogP contribution in [-0.2, 0) is 6.42 Å². The Morgan fingerprint density at radius 3 is 2.94 bits per heavy atom. The van der Waals surface area contributed by atoms with Gasteiger partial charge in [-0.25, -0.2) is 0 Å². The summed E-state index contributed by atoms with van der Waals surface area (Å²) < 4.78 is 0. The molecule has 1 N–H and O–H groups in total. The molecule has 4 nitrogen and oxygen atoms in total. The van der Waals surface area contributed by atoms with Crippen LogP contribution < -0.4 is 10.2 Å². The minimum atomic E-state index is 0.575. The zero-order valence-corrected chi connectivity index (χ0v) is 10.8. The van der Waals surface area contributed by atoms with E-state index in [2.05, 4.69) is 39.5 Å². The molecule has 4 heteroatoms. The first-order chi connectivity index (χ1) is 8.35. The standard InChI is InChI=1S/C13H22N4/c1-3-5-11-7-8-13(16-15-11)17-9-4-6-12(17)10-14-2/h7-8,12,14H,3-6,9-10H2,1-2H3. The summed E-state index contributed by atoms with van der Waals surface area (Å²) in [6.07, 6.45) is 4.65. The second-order valence-electron chi connectivity index (χ2n) is 4.68. The van der Waals surface area contributed by atoms with Crippen molar-refractivity contribution in [3.8, 4) is 0 Å². The van der Waals surface area contributed by atoms with Crippen LogP contribution in [-0.4, -0.2) is 36.4 Å². The highest BCUT2D eigenvalue weighted by Gasteiger charge is 2.24. The van der Waals surface area contributed by atoms with Crippen molar-refractivity contribution in [1.29, 1.82) is 0 Å². The summed E-state index contributed by atoms with van der Waals surface area (Å²) in [5.41, 5.74) is 1.10. The van der Waals surface area contributed by atoms with E-state index in [1.54, 1.807) is 0 Å². The normalized spacial score (nSPS) is 19.9. The fraction of sp³-hybridized carbons (Fsp3) is 0.692. The second kappa shape index (κ2) is 5.96. The summed E-state index contributed by atoms with van der Waals surface area (Å²) in [5, 5.41) is 11.9. The molecule has 2 heterocycles. The fourth-order valence-corrected chi connectivity index (χ4v) is 2.48. The Kier molecular flexibility index (Phi) is 4.31. The molecular weight excluding hydrogens is 212 g/mol. The third kappa shape index (κ3) is 2.94. The topological polar surface area (TPSA) is 41.0 Å². The molecule has 0 aromatic carbocycles. The lowest BCUT2D eigenvalue weighted by atomic mass is 10.2. The maximum absolute atomic E-state index is 4.36. The van der Waals surface area contributed by atoms with Crippen molar-refractivity contribution in [3.05, 3.63) is 17.8 Å². The molecule has 1 aliphatic heterocycles. The first-order valence-electron chi connectivity index (χ1n) is 6.59. The Balaban J connectivity index is 2.05. The van der Waals surface area contributed by atoms with Crippen LogP contribution in [0.25, 0.3) is 0 Å². The monoisotopic (exact) mass is 234 g/mol. The maximum Gasteiger partial charge on any atom is 0.151 e. The van der Waals surface area contributed by atoms with Gasteiger partial charge in [0.05, 0.1) is 5.69 Å². The Bertz CT molecular complexity index is 336. The predicted octanol–water partition coefficient (Wildman–Crippen LogP) is 1.62. The number of hydrogen-bond acceptors (Lipinski definition) is 4. The molecule has 1 atom stereocenters. The average Bonchev–Trinajstić information content (AvgIpc) is 2.79. The van der Waals surface area contributed by atoms with Crippen molar-refractivity contribution in [3.63, 3.8) is 0 Å². The lowest BCUT2D eigenvalue weighted by Gasteiger charge is -2.25. The summed E-state index contributed by atoms with van der Waals surface area (Å²) in [6, 6.07) is 4.80. The molecule has 1 aromatic heterocycles. The molecule has 1 fully saturated rings. The van der Waals surface area contributed by atoms with Gasteiger partial charge in [0.25, 0.3) is 0 Å². The quantitative estimate of drug-likeness (QED) is 0.840. The molecule has 94 valence electrons. The van der Waals surface area contributed by atoms with E-state index in [4.69, 9.17) is 0 Å². The van der Waals surface area contributed by atoms with Crippen LogP contribution in [0.15, 0.2) is 12.1 Å². The summed E-state index contributed by atoms with van der Waals surface area (Å²) in [7, 11) is 2.01. The van der Waals surface area contributed by atoms with E-state index in [0.717, 1.165) is 37.4 Å². The van der Waals surface area contributed by atoms with Gasteiger partial charge in [-0.2, -0.15) is 5.10 Å². The fourth-order valence-electron chi connectivity index (χ4n) is 2.48. The van der Waals surface area contributed by atoms with Gasteiger partial charge >= 0.3 is 0 Å². The smallest absolute Gasteiger partial charge is 0.151 e. The number of nitrogens with one attached hydrogen (secondary N) is 1. The van der Waals surface area contributed by atoms with Gasteiger partial charge in [0.1, 0.15) is 0 Å². The Hall–Kier alpha value is -1.16. The van der Waals surface area contributed by atoms with E-state index in [1.807, 2.05) is 7.05 Å². The lowest BCUT2D eigenvalue weighted by Crippen LogP contribution is -2.37. The Labute approximate surface area is 103 Å². The molecule has 1 aromatic rings. The van der Waals surface area contributed by atoms with Crippen LogP contribution in [0.5, 0.6) is 0 Å². The third-order valence-electron chi connectivity index (χ3n) is 3.32. The van der Waals surface area contributed by atoms with Crippen LogP contribution in [0.2, 0.25) is 0 Å². The Morgan fingerprint density at radius 2 is 2.29 bits per heavy atom. The number of aryl methyl sites for hydroxylation is 1. The highest BCUT2D eigenvalue weighted by molar-refractivity contribution is 5.40. The second-order valence-corrected chi connectivity index (χ2v) is 4.68. The largest absolute Gasteiger partial charge is 0.351 e. The number of hydrogen-bond donors (Lipinski definition) is 1. The van der Waals surface area contributed by atoms with Gasteiger partial charge < -0.3 is 10.2 Å². The molecule has 0 amide bonds. The minimum absolute atomic E-state index is 0.575. The van der Waals surface area contributed by atoms with E-state index in [9.17, 15) is 0 Å². The van der Waals surface area contributed by atoms with Crippen LogP contribution in [0.4, 0.5) is 5.82 Å². The average molecular weight is 234 g/mol. The van der Waals surface area contributed by atoms with Crippen LogP contribution >= 0.6 is 0 Å². The molecular formula is C13H22N4. The van der Waals surface area contributed by atoms with E-state index in [0.29, 0.717) is 6.04 Å². The third-order valence-corrected chi connectivity index (χ3v) is 3.32. The molecule has 0 radical (unpaired) electrons. The van der Waals surface area contributed by atoms with Crippen molar-refractivity contribution in [1.82, 2.24) is 15.5 Å². The van der Waals surface area contributed by atoms with Gasteiger partial charge in [-0.15, -0.1) is 5.10 Å². The van der Waals surface area contributed by atoms with Gasteiger partial charge in [-0.05, 0) is 38.4 Å². The van der Waals surface area contributed by atoms with E-state index < -0.39 is 0 Å². The van der Waals surface area contributed by atoms with Gasteiger partial charge in [0.2, 0.25) is 0 Å². The first-order valence-corrected chi connectivity index (χ1v) is 6.59. The number of aromatic nitrogens is 2. The summed E-state index contributed by atoms with van der Waals surface area (Å²) >= 11 is 0. The summed E-state index contributed by atoms with van der Waals surface area (Å²) in [5.74, 6) is 1.03. The molecule has 17 heavy (non-hydrogen) atoms. The maximum atomic E-state index is 4.36. The molecule has 0 saturated carbocycles. The van der Waals surface area contributed by atoms with Crippen molar-refractivity contribution in [2.24, 2.45) is 0 Å². The van der Waals surface area contributed by atoms with Crippen LogP contribution in [0.3, 0.4) is 0 Å². The summed E-state index contributed by atoms with van der Waals surface area (Å²) in [6.45, 7) is 4.30. The molecule has 1 saturated heterocycles. The van der Waals surface area contributed by atoms with Crippen molar-refractivity contribution in [2.75, 3.05) is 25.0 Å². The molecule has 0 spiro atoms. The predicted molar refractivity (Wildman–Crippen MR) is 70.3 cm³/mol.